The van der Waals surface area contributed by atoms with E-state index in [9.17, 15) is 9.59 Å². The van der Waals surface area contributed by atoms with Gasteiger partial charge >= 0.3 is 0 Å². The number of para-hydroxylation sites is 1. The Morgan fingerprint density at radius 1 is 0.941 bits per heavy atom. The number of fused-ring (bicyclic) bond motifs is 2. The van der Waals surface area contributed by atoms with E-state index in [1.165, 1.54) is 0 Å². The summed E-state index contributed by atoms with van der Waals surface area (Å²) in [5, 5.41) is 2.59. The van der Waals surface area contributed by atoms with Gasteiger partial charge in [-0.2, -0.15) is 0 Å². The highest BCUT2D eigenvalue weighted by Gasteiger charge is 2.29. The fourth-order valence-corrected chi connectivity index (χ4v) is 4.65. The van der Waals surface area contributed by atoms with E-state index in [4.69, 9.17) is 4.98 Å². The fraction of sp³-hybridized carbons (Fsp3) is 0.345. The fourth-order valence-electron chi connectivity index (χ4n) is 4.65. The largest absolute Gasteiger partial charge is 0.328 e. The number of hydrogen-bond donors (Lipinski definition) is 0. The monoisotopic (exact) mass is 455 g/mol. The average Bonchev–Trinajstić information content (AvgIpc) is 2.85. The van der Waals surface area contributed by atoms with E-state index in [2.05, 4.69) is 20.8 Å². The van der Waals surface area contributed by atoms with Crippen molar-refractivity contribution < 1.29 is 4.79 Å². The Balaban J connectivity index is 1.87. The number of nitrogens with zero attached hydrogens (tertiary/aromatic N) is 3. The molecule has 1 aromatic heterocycles. The summed E-state index contributed by atoms with van der Waals surface area (Å²) in [5.41, 5.74) is 1.31. The lowest BCUT2D eigenvalue weighted by Crippen LogP contribution is -2.39. The third-order valence-corrected chi connectivity index (χ3v) is 6.50. The second-order valence-corrected chi connectivity index (χ2v) is 9.17. The molecule has 0 aliphatic heterocycles. The molecule has 0 aliphatic rings. The Kier molecular flexibility index (Phi) is 7.11. The summed E-state index contributed by atoms with van der Waals surface area (Å²) < 4.78 is 1.73. The predicted octanol–water partition coefficient (Wildman–Crippen LogP) is 6.21. The van der Waals surface area contributed by atoms with E-state index >= 15 is 0 Å². The van der Waals surface area contributed by atoms with Gasteiger partial charge in [-0.15, -0.1) is 0 Å². The van der Waals surface area contributed by atoms with Crippen LogP contribution in [-0.2, 0) is 6.54 Å². The minimum absolute atomic E-state index is 0.0191. The van der Waals surface area contributed by atoms with Crippen LogP contribution in [0.5, 0.6) is 0 Å². The van der Waals surface area contributed by atoms with Crippen molar-refractivity contribution >= 4 is 27.6 Å². The molecular weight excluding hydrogens is 422 g/mol. The lowest BCUT2D eigenvalue weighted by molar-refractivity contribution is 0.0648. The highest BCUT2D eigenvalue weighted by atomic mass is 16.2. The molecule has 0 N–H and O–H groups in total. The van der Waals surface area contributed by atoms with Gasteiger partial charge in [0.25, 0.3) is 11.5 Å². The van der Waals surface area contributed by atoms with Gasteiger partial charge in [0.1, 0.15) is 5.82 Å². The van der Waals surface area contributed by atoms with Gasteiger partial charge in [0.05, 0.1) is 16.9 Å². The molecule has 1 heterocycles. The number of hydrogen-bond acceptors (Lipinski definition) is 3. The lowest BCUT2D eigenvalue weighted by Gasteiger charge is -2.33. The minimum atomic E-state index is -0.303. The zero-order valence-corrected chi connectivity index (χ0v) is 20.5. The minimum Gasteiger partial charge on any atom is -0.328 e. The quantitative estimate of drug-likeness (QED) is 0.317. The van der Waals surface area contributed by atoms with E-state index in [-0.39, 0.29) is 17.5 Å². The maximum atomic E-state index is 14.1. The summed E-state index contributed by atoms with van der Waals surface area (Å²) in [6, 6.07) is 21.0. The summed E-state index contributed by atoms with van der Waals surface area (Å²) in [6.45, 7) is 9.45. The smallest absolute Gasteiger partial charge is 0.261 e. The van der Waals surface area contributed by atoms with Crippen LogP contribution in [0.3, 0.4) is 0 Å². The van der Waals surface area contributed by atoms with Gasteiger partial charge in [-0.05, 0) is 54.7 Å². The molecule has 0 fully saturated rings. The molecule has 4 rings (SSSR count). The van der Waals surface area contributed by atoms with Crippen molar-refractivity contribution in [1.29, 1.82) is 0 Å². The van der Waals surface area contributed by atoms with Gasteiger partial charge in [-0.3, -0.25) is 14.2 Å². The second-order valence-electron chi connectivity index (χ2n) is 9.17. The van der Waals surface area contributed by atoms with Gasteiger partial charge in [0, 0.05) is 18.7 Å². The molecule has 0 saturated carbocycles. The number of aromatic nitrogens is 2. The summed E-state index contributed by atoms with van der Waals surface area (Å²) >= 11 is 0. The molecule has 1 atom stereocenters. The third-order valence-electron chi connectivity index (χ3n) is 6.50. The van der Waals surface area contributed by atoms with Gasteiger partial charge < -0.3 is 4.90 Å². The average molecular weight is 456 g/mol. The number of rotatable bonds is 8. The van der Waals surface area contributed by atoms with Crippen molar-refractivity contribution in [2.24, 2.45) is 5.92 Å². The Labute approximate surface area is 201 Å². The van der Waals surface area contributed by atoms with Crippen LogP contribution >= 0.6 is 0 Å². The Morgan fingerprint density at radius 3 is 2.32 bits per heavy atom. The Bertz CT molecular complexity index is 1370. The van der Waals surface area contributed by atoms with Crippen LogP contribution in [0.25, 0.3) is 21.7 Å². The second kappa shape index (κ2) is 10.2. The summed E-state index contributed by atoms with van der Waals surface area (Å²) in [4.78, 5) is 34.3. The van der Waals surface area contributed by atoms with E-state index < -0.39 is 0 Å². The van der Waals surface area contributed by atoms with Crippen molar-refractivity contribution in [2.75, 3.05) is 6.54 Å². The van der Waals surface area contributed by atoms with Crippen LogP contribution in [-0.4, -0.2) is 26.9 Å². The van der Waals surface area contributed by atoms with Crippen LogP contribution < -0.4 is 5.56 Å². The van der Waals surface area contributed by atoms with Gasteiger partial charge in [0.15, 0.2) is 0 Å². The molecule has 0 aliphatic carbocycles. The highest BCUT2D eigenvalue weighted by Crippen LogP contribution is 2.29. The summed E-state index contributed by atoms with van der Waals surface area (Å²) in [5.74, 6) is 1.08. The Hall–Kier alpha value is -3.47. The van der Waals surface area contributed by atoms with Crippen molar-refractivity contribution in [3.63, 3.8) is 0 Å². The van der Waals surface area contributed by atoms with Gasteiger partial charge in [-0.25, -0.2) is 4.98 Å². The first kappa shape index (κ1) is 23.7. The number of carbonyl (C=O) groups excluding carboxylic acids is 1. The first-order chi connectivity index (χ1) is 16.5. The highest BCUT2D eigenvalue weighted by molar-refractivity contribution is 6.07. The van der Waals surface area contributed by atoms with Crippen molar-refractivity contribution in [3.8, 4) is 0 Å². The zero-order valence-electron chi connectivity index (χ0n) is 20.5. The number of carbonyl (C=O) groups is 1. The standard InChI is InChI=1S/C29H33N3O2/c1-5-26(27-30-25-17-10-9-15-24(25)29(34)31(27)6-2)32(19-18-20(3)4)28(33)23-16-11-13-21-12-7-8-14-22(21)23/h7-17,20,26H,5-6,18-19H2,1-4H3. The first-order valence-electron chi connectivity index (χ1n) is 12.2. The van der Waals surface area contributed by atoms with E-state index in [1.54, 1.807) is 4.57 Å². The Morgan fingerprint density at radius 2 is 1.62 bits per heavy atom. The molecule has 4 aromatic rings. The first-order valence-corrected chi connectivity index (χ1v) is 12.2. The van der Waals surface area contributed by atoms with E-state index in [0.29, 0.717) is 47.7 Å². The van der Waals surface area contributed by atoms with Gasteiger partial charge in [0.2, 0.25) is 0 Å². The SMILES string of the molecule is CCC(c1nc2ccccc2c(=O)n1CC)N(CCC(C)C)C(=O)c1cccc2ccccc12. The van der Waals surface area contributed by atoms with Crippen LogP contribution in [0.2, 0.25) is 0 Å². The predicted molar refractivity (Wildman–Crippen MR) is 139 cm³/mol. The van der Waals surface area contributed by atoms with Crippen LogP contribution in [0, 0.1) is 5.92 Å². The zero-order chi connectivity index (χ0) is 24.2. The van der Waals surface area contributed by atoms with Crippen molar-refractivity contribution in [1.82, 2.24) is 14.5 Å². The topological polar surface area (TPSA) is 55.2 Å². The number of benzene rings is 3. The maximum absolute atomic E-state index is 14.1. The van der Waals surface area contributed by atoms with E-state index in [0.717, 1.165) is 17.2 Å². The van der Waals surface area contributed by atoms with E-state index in [1.807, 2.05) is 78.6 Å². The lowest BCUT2D eigenvalue weighted by atomic mass is 10.0. The summed E-state index contributed by atoms with van der Waals surface area (Å²) in [6.07, 6.45) is 1.54. The molecule has 5 nitrogen and oxygen atoms in total. The van der Waals surface area contributed by atoms with Crippen molar-refractivity contribution in [2.45, 2.75) is 53.1 Å². The molecule has 1 amide bonds. The molecule has 0 radical (unpaired) electrons. The third kappa shape index (κ3) is 4.47. The maximum Gasteiger partial charge on any atom is 0.261 e. The van der Waals surface area contributed by atoms with Crippen LogP contribution in [0.1, 0.15) is 62.8 Å². The van der Waals surface area contributed by atoms with Crippen LogP contribution in [0.15, 0.2) is 71.5 Å². The molecule has 0 saturated heterocycles. The molecule has 0 spiro atoms. The molecule has 0 bridgehead atoms. The molecular formula is C29H33N3O2. The van der Waals surface area contributed by atoms with Gasteiger partial charge in [-0.1, -0.05) is 69.3 Å². The molecule has 3 aromatic carbocycles. The molecule has 5 heteroatoms. The molecule has 1 unspecified atom stereocenters. The molecule has 176 valence electrons. The summed E-state index contributed by atoms with van der Waals surface area (Å²) in [7, 11) is 0. The normalized spacial score (nSPS) is 12.4. The van der Waals surface area contributed by atoms with Crippen LogP contribution in [0.4, 0.5) is 0 Å². The molecule has 34 heavy (non-hydrogen) atoms. The van der Waals surface area contributed by atoms with Crippen molar-refractivity contribution in [3.05, 3.63) is 88.5 Å². The number of amides is 1.